The van der Waals surface area contributed by atoms with Gasteiger partial charge in [0.2, 0.25) is 0 Å². The first-order valence-electron chi connectivity index (χ1n) is 3.71. The largest absolute Gasteiger partial charge is 0.509 e. The van der Waals surface area contributed by atoms with Crippen molar-refractivity contribution in [3.8, 4) is 6.07 Å². The highest BCUT2D eigenvalue weighted by Crippen LogP contribution is 2.18. The molecule has 0 atom stereocenters. The lowest BCUT2D eigenvalue weighted by molar-refractivity contribution is -0.126. The van der Waals surface area contributed by atoms with Crippen LogP contribution in [-0.4, -0.2) is 28.5 Å². The molecule has 64 valence electrons. The van der Waals surface area contributed by atoms with Crippen LogP contribution in [0.2, 0.25) is 0 Å². The van der Waals surface area contributed by atoms with E-state index in [1.54, 1.807) is 6.07 Å². The maximum atomic E-state index is 11.3. The summed E-state index contributed by atoms with van der Waals surface area (Å²) in [4.78, 5) is 12.7. The third-order valence-corrected chi connectivity index (χ3v) is 1.82. The van der Waals surface area contributed by atoms with Crippen LogP contribution in [0.5, 0.6) is 0 Å². The van der Waals surface area contributed by atoms with Gasteiger partial charge in [-0.2, -0.15) is 5.26 Å². The number of carbonyl (C=O) groups is 1. The van der Waals surface area contributed by atoms with Gasteiger partial charge in [0.25, 0.3) is 5.91 Å². The van der Waals surface area contributed by atoms with E-state index in [4.69, 9.17) is 5.26 Å². The molecule has 1 aliphatic rings. The van der Waals surface area contributed by atoms with Crippen LogP contribution in [0.25, 0.3) is 0 Å². The minimum absolute atomic E-state index is 0.0190. The molecule has 0 aromatic rings. The molecule has 1 amide bonds. The smallest absolute Gasteiger partial charge is 0.268 e. The SMILES string of the molecule is CC(C)N1CC(O)=C(C#N)C1=O. The van der Waals surface area contributed by atoms with Gasteiger partial charge < -0.3 is 10.0 Å². The molecule has 1 N–H and O–H groups in total. The van der Waals surface area contributed by atoms with Crippen molar-refractivity contribution in [3.63, 3.8) is 0 Å². The van der Waals surface area contributed by atoms with Crippen LogP contribution in [-0.2, 0) is 4.79 Å². The van der Waals surface area contributed by atoms with E-state index in [0.717, 1.165) is 0 Å². The van der Waals surface area contributed by atoms with Gasteiger partial charge in [0.05, 0.1) is 6.54 Å². The average molecular weight is 166 g/mol. The highest BCUT2D eigenvalue weighted by atomic mass is 16.3. The molecule has 1 aliphatic heterocycles. The van der Waals surface area contributed by atoms with E-state index in [1.165, 1.54) is 4.90 Å². The van der Waals surface area contributed by atoms with Crippen molar-refractivity contribution >= 4 is 5.91 Å². The number of amides is 1. The van der Waals surface area contributed by atoms with E-state index in [2.05, 4.69) is 0 Å². The van der Waals surface area contributed by atoms with E-state index in [0.29, 0.717) is 0 Å². The van der Waals surface area contributed by atoms with E-state index < -0.39 is 0 Å². The van der Waals surface area contributed by atoms with E-state index in [1.807, 2.05) is 13.8 Å². The van der Waals surface area contributed by atoms with E-state index in [9.17, 15) is 9.90 Å². The number of nitriles is 1. The molecule has 0 saturated heterocycles. The van der Waals surface area contributed by atoms with Gasteiger partial charge in [-0.05, 0) is 13.8 Å². The highest BCUT2D eigenvalue weighted by Gasteiger charge is 2.31. The zero-order valence-corrected chi connectivity index (χ0v) is 7.03. The topological polar surface area (TPSA) is 64.3 Å². The molecule has 0 aliphatic carbocycles. The molecule has 0 aromatic carbocycles. The van der Waals surface area contributed by atoms with Crippen molar-refractivity contribution in [1.82, 2.24) is 4.90 Å². The lowest BCUT2D eigenvalue weighted by Crippen LogP contribution is -2.33. The zero-order chi connectivity index (χ0) is 9.30. The van der Waals surface area contributed by atoms with Gasteiger partial charge in [-0.25, -0.2) is 0 Å². The minimum Gasteiger partial charge on any atom is -0.509 e. The maximum Gasteiger partial charge on any atom is 0.268 e. The average Bonchev–Trinajstić information content (AvgIpc) is 2.27. The normalized spacial score (nSPS) is 17.5. The lowest BCUT2D eigenvalue weighted by atomic mass is 10.3. The Kier molecular flexibility index (Phi) is 2.05. The Balaban J connectivity index is 2.90. The molecule has 1 heterocycles. The fraction of sp³-hybridized carbons (Fsp3) is 0.500. The van der Waals surface area contributed by atoms with Crippen molar-refractivity contribution in [1.29, 1.82) is 5.26 Å². The Labute approximate surface area is 70.7 Å². The second kappa shape index (κ2) is 2.86. The summed E-state index contributed by atoms with van der Waals surface area (Å²) in [5.74, 6) is -0.485. The summed E-state index contributed by atoms with van der Waals surface area (Å²) in [5.41, 5.74) is -0.122. The Morgan fingerprint density at radius 2 is 2.25 bits per heavy atom. The Hall–Kier alpha value is -1.50. The van der Waals surface area contributed by atoms with Crippen molar-refractivity contribution < 1.29 is 9.90 Å². The Bertz CT molecular complexity index is 286. The van der Waals surface area contributed by atoms with Gasteiger partial charge in [0, 0.05) is 6.04 Å². The molecular weight excluding hydrogens is 156 g/mol. The van der Waals surface area contributed by atoms with Gasteiger partial charge in [0.1, 0.15) is 11.8 Å². The molecule has 0 spiro atoms. The number of rotatable bonds is 1. The first kappa shape index (κ1) is 8.60. The molecule has 4 heteroatoms. The molecule has 12 heavy (non-hydrogen) atoms. The van der Waals surface area contributed by atoms with E-state index >= 15 is 0 Å². The van der Waals surface area contributed by atoms with Crippen molar-refractivity contribution in [2.24, 2.45) is 0 Å². The summed E-state index contributed by atoms with van der Waals surface area (Å²) in [6.45, 7) is 3.84. The zero-order valence-electron chi connectivity index (χ0n) is 7.03. The summed E-state index contributed by atoms with van der Waals surface area (Å²) < 4.78 is 0. The summed E-state index contributed by atoms with van der Waals surface area (Å²) in [6.07, 6.45) is 0. The molecule has 0 unspecified atom stereocenters. The van der Waals surface area contributed by atoms with Gasteiger partial charge in [-0.3, -0.25) is 4.79 Å². The van der Waals surface area contributed by atoms with Crippen molar-refractivity contribution in [3.05, 3.63) is 11.3 Å². The fourth-order valence-electron chi connectivity index (χ4n) is 1.11. The summed E-state index contributed by atoms with van der Waals surface area (Å²) in [7, 11) is 0. The van der Waals surface area contributed by atoms with Gasteiger partial charge in [-0.15, -0.1) is 0 Å². The summed E-state index contributed by atoms with van der Waals surface area (Å²) in [6, 6.07) is 1.71. The Morgan fingerprint density at radius 1 is 1.67 bits per heavy atom. The van der Waals surface area contributed by atoms with Crippen LogP contribution in [0.4, 0.5) is 0 Å². The second-order valence-electron chi connectivity index (χ2n) is 2.96. The van der Waals surface area contributed by atoms with Crippen LogP contribution in [0, 0.1) is 11.3 Å². The number of hydrogen-bond acceptors (Lipinski definition) is 3. The molecule has 1 rings (SSSR count). The number of carbonyl (C=O) groups excluding carboxylic acids is 1. The number of nitrogens with zero attached hydrogens (tertiary/aromatic N) is 2. The molecule has 0 aromatic heterocycles. The molecule has 0 bridgehead atoms. The third kappa shape index (κ3) is 1.14. The minimum atomic E-state index is -0.370. The number of hydrogen-bond donors (Lipinski definition) is 1. The van der Waals surface area contributed by atoms with Crippen LogP contribution in [0.3, 0.4) is 0 Å². The predicted molar refractivity (Wildman–Crippen MR) is 42.1 cm³/mol. The van der Waals surface area contributed by atoms with Gasteiger partial charge in [0.15, 0.2) is 5.57 Å². The second-order valence-corrected chi connectivity index (χ2v) is 2.96. The van der Waals surface area contributed by atoms with Gasteiger partial charge in [-0.1, -0.05) is 0 Å². The lowest BCUT2D eigenvalue weighted by Gasteiger charge is -2.19. The molecule has 4 nitrogen and oxygen atoms in total. The van der Waals surface area contributed by atoms with E-state index in [-0.39, 0.29) is 29.8 Å². The first-order valence-corrected chi connectivity index (χ1v) is 3.71. The molecule has 0 fully saturated rings. The van der Waals surface area contributed by atoms with Crippen molar-refractivity contribution in [2.45, 2.75) is 19.9 Å². The predicted octanol–water partition coefficient (Wildman–Crippen LogP) is 0.573. The number of aliphatic hydroxyl groups excluding tert-OH is 1. The third-order valence-electron chi connectivity index (χ3n) is 1.82. The van der Waals surface area contributed by atoms with Crippen LogP contribution in [0.15, 0.2) is 11.3 Å². The standard InChI is InChI=1S/C8H10N2O2/c1-5(2)10-4-7(11)6(3-9)8(10)12/h5,11H,4H2,1-2H3. The molecular formula is C8H10N2O2. The molecule has 0 radical (unpaired) electrons. The summed E-state index contributed by atoms with van der Waals surface area (Å²) >= 11 is 0. The fourth-order valence-corrected chi connectivity index (χ4v) is 1.11. The quantitative estimate of drug-likeness (QED) is 0.619. The first-order chi connectivity index (χ1) is 5.57. The van der Waals surface area contributed by atoms with Crippen LogP contribution >= 0.6 is 0 Å². The van der Waals surface area contributed by atoms with Gasteiger partial charge >= 0.3 is 0 Å². The van der Waals surface area contributed by atoms with Crippen molar-refractivity contribution in [2.75, 3.05) is 6.54 Å². The number of aliphatic hydroxyl groups is 1. The van der Waals surface area contributed by atoms with Crippen LogP contribution in [0.1, 0.15) is 13.8 Å². The monoisotopic (exact) mass is 166 g/mol. The van der Waals surface area contributed by atoms with Crippen LogP contribution < -0.4 is 0 Å². The Morgan fingerprint density at radius 3 is 2.50 bits per heavy atom. The molecule has 0 saturated carbocycles. The maximum absolute atomic E-state index is 11.3. The highest BCUT2D eigenvalue weighted by molar-refractivity contribution is 6.00. The summed E-state index contributed by atoms with van der Waals surface area (Å²) in [5, 5.41) is 17.7.